The Morgan fingerprint density at radius 3 is 2.76 bits per heavy atom. The molecular formula is C15H24N2. The maximum atomic E-state index is 5.84. The topological polar surface area (TPSA) is 29.3 Å². The molecule has 0 bridgehead atoms. The summed E-state index contributed by atoms with van der Waals surface area (Å²) in [6.07, 6.45) is 2.46. The zero-order valence-electron chi connectivity index (χ0n) is 10.8. The Labute approximate surface area is 105 Å². The minimum Gasteiger partial charge on any atom is -0.330 e. The number of nitrogens with two attached hydrogens (primary N) is 1. The molecule has 94 valence electrons. The lowest BCUT2D eigenvalue weighted by atomic mass is 9.87. The fourth-order valence-electron chi connectivity index (χ4n) is 2.67. The van der Waals surface area contributed by atoms with Gasteiger partial charge in [-0.2, -0.15) is 0 Å². The van der Waals surface area contributed by atoms with E-state index in [0.717, 1.165) is 18.9 Å². The van der Waals surface area contributed by atoms with Gasteiger partial charge in [0.15, 0.2) is 0 Å². The van der Waals surface area contributed by atoms with Crippen molar-refractivity contribution in [2.24, 2.45) is 17.6 Å². The van der Waals surface area contributed by atoms with Crippen LogP contribution < -0.4 is 5.73 Å². The molecule has 1 heterocycles. The standard InChI is InChI=1S/C15H24N2/c1-13-7-9-17(12-15(13)11-16)10-8-14-5-3-2-4-6-14/h2-6,13,15H,7-12,16H2,1H3. The molecule has 2 rings (SSSR count). The molecule has 1 fully saturated rings. The van der Waals surface area contributed by atoms with E-state index >= 15 is 0 Å². The van der Waals surface area contributed by atoms with Crippen LogP contribution in [0.25, 0.3) is 0 Å². The van der Waals surface area contributed by atoms with Crippen LogP contribution in [0.3, 0.4) is 0 Å². The van der Waals surface area contributed by atoms with Crippen molar-refractivity contribution in [1.82, 2.24) is 4.90 Å². The van der Waals surface area contributed by atoms with Crippen molar-refractivity contribution < 1.29 is 0 Å². The van der Waals surface area contributed by atoms with E-state index in [0.29, 0.717) is 5.92 Å². The van der Waals surface area contributed by atoms with Crippen molar-refractivity contribution in [2.75, 3.05) is 26.2 Å². The van der Waals surface area contributed by atoms with E-state index in [9.17, 15) is 0 Å². The van der Waals surface area contributed by atoms with Gasteiger partial charge in [0.2, 0.25) is 0 Å². The second-order valence-corrected chi connectivity index (χ2v) is 5.30. The number of benzene rings is 1. The third-order valence-electron chi connectivity index (χ3n) is 4.06. The number of piperidine rings is 1. The van der Waals surface area contributed by atoms with Crippen LogP contribution in [-0.4, -0.2) is 31.1 Å². The van der Waals surface area contributed by atoms with Gasteiger partial charge in [0.1, 0.15) is 0 Å². The fourth-order valence-corrected chi connectivity index (χ4v) is 2.67. The minimum atomic E-state index is 0.694. The first-order valence-electron chi connectivity index (χ1n) is 6.76. The number of nitrogens with zero attached hydrogens (tertiary/aromatic N) is 1. The first kappa shape index (κ1) is 12.6. The van der Waals surface area contributed by atoms with Gasteiger partial charge < -0.3 is 10.6 Å². The highest BCUT2D eigenvalue weighted by Gasteiger charge is 2.24. The molecule has 0 aliphatic carbocycles. The lowest BCUT2D eigenvalue weighted by molar-refractivity contribution is 0.133. The molecule has 1 saturated heterocycles. The van der Waals surface area contributed by atoms with Crippen LogP contribution in [0.4, 0.5) is 0 Å². The third-order valence-corrected chi connectivity index (χ3v) is 4.06. The highest BCUT2D eigenvalue weighted by atomic mass is 15.1. The van der Waals surface area contributed by atoms with Crippen LogP contribution >= 0.6 is 0 Å². The van der Waals surface area contributed by atoms with E-state index in [-0.39, 0.29) is 0 Å². The molecule has 1 aromatic carbocycles. The van der Waals surface area contributed by atoms with Crippen molar-refractivity contribution >= 4 is 0 Å². The first-order valence-corrected chi connectivity index (χ1v) is 6.76. The van der Waals surface area contributed by atoms with Crippen molar-refractivity contribution in [3.05, 3.63) is 35.9 Å². The molecule has 0 spiro atoms. The number of likely N-dealkylation sites (tertiary alicyclic amines) is 1. The molecule has 0 radical (unpaired) electrons. The molecule has 1 aromatic rings. The van der Waals surface area contributed by atoms with Gasteiger partial charge in [0, 0.05) is 13.1 Å². The Balaban J connectivity index is 1.80. The lowest BCUT2D eigenvalue weighted by Gasteiger charge is -2.36. The Kier molecular flexibility index (Phi) is 4.57. The summed E-state index contributed by atoms with van der Waals surface area (Å²) in [6.45, 7) is 6.78. The first-order chi connectivity index (χ1) is 8.29. The van der Waals surface area contributed by atoms with Crippen molar-refractivity contribution in [1.29, 1.82) is 0 Å². The molecule has 1 aliphatic heterocycles. The van der Waals surface area contributed by atoms with E-state index in [1.807, 2.05) is 0 Å². The summed E-state index contributed by atoms with van der Waals surface area (Å²) in [5.41, 5.74) is 7.28. The van der Waals surface area contributed by atoms with Gasteiger partial charge in [-0.15, -0.1) is 0 Å². The molecule has 2 atom stereocenters. The average molecular weight is 232 g/mol. The fraction of sp³-hybridized carbons (Fsp3) is 0.600. The smallest absolute Gasteiger partial charge is 0.00244 e. The highest BCUT2D eigenvalue weighted by molar-refractivity contribution is 5.14. The summed E-state index contributed by atoms with van der Waals surface area (Å²) in [6, 6.07) is 10.8. The Morgan fingerprint density at radius 1 is 1.29 bits per heavy atom. The maximum Gasteiger partial charge on any atom is 0.00244 e. The summed E-state index contributed by atoms with van der Waals surface area (Å²) < 4.78 is 0. The molecule has 2 unspecified atom stereocenters. The molecule has 0 saturated carbocycles. The number of hydrogen-bond donors (Lipinski definition) is 1. The molecule has 17 heavy (non-hydrogen) atoms. The Bertz CT molecular complexity index is 323. The normalized spacial score (nSPS) is 26.0. The molecule has 2 heteroatoms. The zero-order chi connectivity index (χ0) is 12.1. The van der Waals surface area contributed by atoms with E-state index in [1.165, 1.54) is 31.6 Å². The van der Waals surface area contributed by atoms with Gasteiger partial charge in [-0.05, 0) is 43.3 Å². The van der Waals surface area contributed by atoms with Crippen LogP contribution in [0.5, 0.6) is 0 Å². The average Bonchev–Trinajstić information content (AvgIpc) is 2.39. The van der Waals surface area contributed by atoms with Crippen molar-refractivity contribution in [3.8, 4) is 0 Å². The highest BCUT2D eigenvalue weighted by Crippen LogP contribution is 2.22. The van der Waals surface area contributed by atoms with Gasteiger partial charge in [-0.3, -0.25) is 0 Å². The number of hydrogen-bond acceptors (Lipinski definition) is 2. The van der Waals surface area contributed by atoms with Crippen LogP contribution in [-0.2, 0) is 6.42 Å². The molecule has 1 aliphatic rings. The summed E-state index contributed by atoms with van der Waals surface area (Å²) >= 11 is 0. The summed E-state index contributed by atoms with van der Waals surface area (Å²) in [5, 5.41) is 0. The third kappa shape index (κ3) is 3.55. The van der Waals surface area contributed by atoms with Gasteiger partial charge in [0.25, 0.3) is 0 Å². The quantitative estimate of drug-likeness (QED) is 0.862. The van der Waals surface area contributed by atoms with Gasteiger partial charge in [0.05, 0.1) is 0 Å². The largest absolute Gasteiger partial charge is 0.330 e. The SMILES string of the molecule is CC1CCN(CCc2ccccc2)CC1CN. The van der Waals surface area contributed by atoms with Crippen LogP contribution in [0.15, 0.2) is 30.3 Å². The van der Waals surface area contributed by atoms with Gasteiger partial charge in [-0.25, -0.2) is 0 Å². The molecular weight excluding hydrogens is 208 g/mol. The Morgan fingerprint density at radius 2 is 2.06 bits per heavy atom. The van der Waals surface area contributed by atoms with Crippen molar-refractivity contribution in [3.63, 3.8) is 0 Å². The van der Waals surface area contributed by atoms with E-state index in [2.05, 4.69) is 42.2 Å². The van der Waals surface area contributed by atoms with Crippen molar-refractivity contribution in [2.45, 2.75) is 19.8 Å². The minimum absolute atomic E-state index is 0.694. The van der Waals surface area contributed by atoms with E-state index in [4.69, 9.17) is 5.73 Å². The molecule has 2 N–H and O–H groups in total. The van der Waals surface area contributed by atoms with Gasteiger partial charge >= 0.3 is 0 Å². The molecule has 0 amide bonds. The summed E-state index contributed by atoms with van der Waals surface area (Å²) in [5.74, 6) is 1.49. The van der Waals surface area contributed by atoms with Crippen LogP contribution in [0, 0.1) is 11.8 Å². The van der Waals surface area contributed by atoms with Gasteiger partial charge in [-0.1, -0.05) is 37.3 Å². The van der Waals surface area contributed by atoms with E-state index < -0.39 is 0 Å². The van der Waals surface area contributed by atoms with Crippen LogP contribution in [0.1, 0.15) is 18.9 Å². The molecule has 0 aromatic heterocycles. The monoisotopic (exact) mass is 232 g/mol. The Hall–Kier alpha value is -0.860. The second kappa shape index (κ2) is 6.18. The predicted octanol–water partition coefficient (Wildman–Crippen LogP) is 2.15. The molecule has 2 nitrogen and oxygen atoms in total. The number of rotatable bonds is 4. The zero-order valence-corrected chi connectivity index (χ0v) is 10.8. The summed E-state index contributed by atoms with van der Waals surface area (Å²) in [4.78, 5) is 2.57. The maximum absolute atomic E-state index is 5.84. The van der Waals surface area contributed by atoms with Crippen LogP contribution in [0.2, 0.25) is 0 Å². The van der Waals surface area contributed by atoms with E-state index in [1.54, 1.807) is 0 Å². The predicted molar refractivity (Wildman–Crippen MR) is 72.9 cm³/mol. The lowest BCUT2D eigenvalue weighted by Crippen LogP contribution is -2.43. The second-order valence-electron chi connectivity index (χ2n) is 5.30. The summed E-state index contributed by atoms with van der Waals surface area (Å²) in [7, 11) is 0.